The smallest absolute Gasteiger partial charge is 0.00141 e. The van der Waals surface area contributed by atoms with E-state index in [1.54, 1.807) is 0 Å². The van der Waals surface area contributed by atoms with Gasteiger partial charge in [-0.1, -0.05) is 152 Å². The molecule has 42 heavy (non-hydrogen) atoms. The fraction of sp³-hybridized carbons (Fsp3) is 0. The van der Waals surface area contributed by atoms with Gasteiger partial charge in [0, 0.05) is 0 Å². The summed E-state index contributed by atoms with van der Waals surface area (Å²) in [6, 6.07) is 61.9. The molecule has 0 atom stereocenters. The van der Waals surface area contributed by atoms with E-state index in [-0.39, 0.29) is 0 Å². The van der Waals surface area contributed by atoms with E-state index in [4.69, 9.17) is 0 Å². The van der Waals surface area contributed by atoms with Crippen molar-refractivity contribution < 1.29 is 0 Å². The highest BCUT2D eigenvalue weighted by Crippen LogP contribution is 2.48. The summed E-state index contributed by atoms with van der Waals surface area (Å²) in [5.74, 6) is 0. The van der Waals surface area contributed by atoms with E-state index in [2.05, 4.69) is 170 Å². The molecule has 0 bridgehead atoms. The van der Waals surface area contributed by atoms with Crippen molar-refractivity contribution in [1.29, 1.82) is 0 Å². The van der Waals surface area contributed by atoms with Crippen molar-refractivity contribution in [3.8, 4) is 44.5 Å². The van der Waals surface area contributed by atoms with Crippen LogP contribution in [0.2, 0.25) is 0 Å². The molecule has 0 nitrogen and oxygen atoms in total. The van der Waals surface area contributed by atoms with E-state index in [9.17, 15) is 0 Å². The van der Waals surface area contributed by atoms with Gasteiger partial charge in [-0.05, 0) is 95.0 Å². The van der Waals surface area contributed by atoms with E-state index in [1.807, 2.05) is 0 Å². The van der Waals surface area contributed by atoms with Gasteiger partial charge < -0.3 is 0 Å². The molecule has 0 spiro atoms. The number of hydrogen-bond donors (Lipinski definition) is 0. The maximum atomic E-state index is 2.39. The second kappa shape index (κ2) is 10.2. The van der Waals surface area contributed by atoms with E-state index >= 15 is 0 Å². The minimum Gasteiger partial charge on any atom is -0.0622 e. The molecule has 0 heteroatoms. The Labute approximate surface area is 246 Å². The monoisotopic (exact) mass is 532 g/mol. The van der Waals surface area contributed by atoms with Gasteiger partial charge in [0.25, 0.3) is 0 Å². The van der Waals surface area contributed by atoms with Crippen LogP contribution < -0.4 is 0 Å². The normalized spacial score (nSPS) is 11.3. The van der Waals surface area contributed by atoms with Crippen molar-refractivity contribution in [2.45, 2.75) is 0 Å². The molecule has 8 aromatic carbocycles. The van der Waals surface area contributed by atoms with Crippen LogP contribution in [0.25, 0.3) is 76.8 Å². The van der Waals surface area contributed by atoms with Crippen LogP contribution in [0, 0.1) is 0 Å². The molecule has 0 fully saturated rings. The largest absolute Gasteiger partial charge is 0.0622 e. The molecule has 0 saturated heterocycles. The molecule has 0 heterocycles. The third kappa shape index (κ3) is 4.08. The van der Waals surface area contributed by atoms with Gasteiger partial charge in [-0.25, -0.2) is 0 Å². The summed E-state index contributed by atoms with van der Waals surface area (Å²) in [5, 5.41) is 7.53. The van der Waals surface area contributed by atoms with Crippen molar-refractivity contribution >= 4 is 32.3 Å². The van der Waals surface area contributed by atoms with Gasteiger partial charge in [-0.3, -0.25) is 0 Å². The quantitative estimate of drug-likeness (QED) is 0.198. The summed E-state index contributed by atoms with van der Waals surface area (Å²) in [5.41, 5.74) is 9.94. The first-order valence-corrected chi connectivity index (χ1v) is 14.5. The van der Waals surface area contributed by atoms with Gasteiger partial charge in [0.15, 0.2) is 0 Å². The molecular formula is C42H28. The molecular weight excluding hydrogens is 504 g/mol. The Hall–Kier alpha value is -5.46. The summed E-state index contributed by atoms with van der Waals surface area (Å²) in [6.07, 6.45) is 0. The average Bonchev–Trinajstić information content (AvgIpc) is 3.07. The Balaban J connectivity index is 1.57. The predicted octanol–water partition coefficient (Wildman–Crippen LogP) is 11.8. The van der Waals surface area contributed by atoms with Crippen LogP contribution in [-0.4, -0.2) is 0 Å². The number of rotatable bonds is 4. The lowest BCUT2D eigenvalue weighted by atomic mass is 9.81. The maximum absolute atomic E-state index is 2.39. The molecule has 0 radical (unpaired) electrons. The lowest BCUT2D eigenvalue weighted by molar-refractivity contribution is 1.58. The van der Waals surface area contributed by atoms with Gasteiger partial charge in [0.2, 0.25) is 0 Å². The Morgan fingerprint density at radius 2 is 0.786 bits per heavy atom. The molecule has 0 aliphatic rings. The van der Waals surface area contributed by atoms with E-state index in [0.717, 1.165) is 0 Å². The summed E-state index contributed by atoms with van der Waals surface area (Å²) in [6.45, 7) is 0. The Morgan fingerprint density at radius 3 is 1.55 bits per heavy atom. The number of fused-ring (bicyclic) bond motifs is 3. The second-order valence-electron chi connectivity index (χ2n) is 10.9. The van der Waals surface area contributed by atoms with Crippen molar-refractivity contribution in [2.24, 2.45) is 0 Å². The molecule has 0 N–H and O–H groups in total. The third-order valence-electron chi connectivity index (χ3n) is 8.43. The van der Waals surface area contributed by atoms with Gasteiger partial charge in [0.1, 0.15) is 0 Å². The third-order valence-corrected chi connectivity index (χ3v) is 8.43. The zero-order valence-corrected chi connectivity index (χ0v) is 23.2. The minimum atomic E-state index is 1.22. The summed E-state index contributed by atoms with van der Waals surface area (Å²) in [4.78, 5) is 0. The second-order valence-corrected chi connectivity index (χ2v) is 10.9. The minimum absolute atomic E-state index is 1.22. The summed E-state index contributed by atoms with van der Waals surface area (Å²) >= 11 is 0. The molecule has 196 valence electrons. The molecule has 0 aliphatic heterocycles. The topological polar surface area (TPSA) is 0 Å². The fourth-order valence-electron chi connectivity index (χ4n) is 6.52. The Kier molecular flexibility index (Phi) is 5.90. The summed E-state index contributed by atoms with van der Waals surface area (Å²) in [7, 11) is 0. The predicted molar refractivity (Wildman–Crippen MR) is 181 cm³/mol. The van der Waals surface area contributed by atoms with Crippen LogP contribution in [0.5, 0.6) is 0 Å². The highest BCUT2D eigenvalue weighted by Gasteiger charge is 2.21. The average molecular weight is 533 g/mol. The standard InChI is InChI=1S/C42H28/c1-3-14-30(15-4-1)39-28-34-26-32-19-7-8-20-33(32)27-40(34)42(41(39)31-17-5-2-6-18-31)38-24-12-11-23-37(38)36-25-13-21-29-16-9-10-22-35(29)36/h1-28H. The van der Waals surface area contributed by atoms with Crippen LogP contribution in [0.1, 0.15) is 0 Å². The maximum Gasteiger partial charge on any atom is -0.00141 e. The Bertz CT molecular complexity index is 2220. The zero-order chi connectivity index (χ0) is 27.9. The van der Waals surface area contributed by atoms with Gasteiger partial charge >= 0.3 is 0 Å². The van der Waals surface area contributed by atoms with Gasteiger partial charge in [0.05, 0.1) is 0 Å². The van der Waals surface area contributed by atoms with Crippen molar-refractivity contribution in [1.82, 2.24) is 0 Å². The van der Waals surface area contributed by atoms with Crippen molar-refractivity contribution in [2.75, 3.05) is 0 Å². The SMILES string of the molecule is c1ccc(-c2cc3cc4ccccc4cc3c(-c3ccccc3-c3cccc4ccccc34)c2-c2ccccc2)cc1. The highest BCUT2D eigenvalue weighted by atomic mass is 14.2. The lowest BCUT2D eigenvalue weighted by Gasteiger charge is -2.22. The molecule has 0 unspecified atom stereocenters. The molecule has 8 rings (SSSR count). The van der Waals surface area contributed by atoms with Gasteiger partial charge in [-0.2, -0.15) is 0 Å². The zero-order valence-electron chi connectivity index (χ0n) is 23.2. The number of benzene rings is 8. The molecule has 0 aromatic heterocycles. The van der Waals surface area contributed by atoms with Crippen LogP contribution in [0.15, 0.2) is 170 Å². The molecule has 8 aromatic rings. The van der Waals surface area contributed by atoms with Crippen LogP contribution >= 0.6 is 0 Å². The first kappa shape index (κ1) is 24.3. The van der Waals surface area contributed by atoms with Crippen LogP contribution in [0.3, 0.4) is 0 Å². The van der Waals surface area contributed by atoms with Crippen molar-refractivity contribution in [3.05, 3.63) is 170 Å². The summed E-state index contributed by atoms with van der Waals surface area (Å²) < 4.78 is 0. The fourth-order valence-corrected chi connectivity index (χ4v) is 6.52. The first-order chi connectivity index (χ1) is 20.8. The van der Waals surface area contributed by atoms with E-state index in [1.165, 1.54) is 76.8 Å². The Morgan fingerprint density at radius 1 is 0.238 bits per heavy atom. The first-order valence-electron chi connectivity index (χ1n) is 14.5. The van der Waals surface area contributed by atoms with E-state index in [0.29, 0.717) is 0 Å². The molecule has 0 saturated carbocycles. The van der Waals surface area contributed by atoms with Crippen LogP contribution in [-0.2, 0) is 0 Å². The molecule has 0 aliphatic carbocycles. The van der Waals surface area contributed by atoms with E-state index < -0.39 is 0 Å². The highest BCUT2D eigenvalue weighted by molar-refractivity contribution is 6.16. The van der Waals surface area contributed by atoms with Crippen molar-refractivity contribution in [3.63, 3.8) is 0 Å². The van der Waals surface area contributed by atoms with Gasteiger partial charge in [-0.15, -0.1) is 0 Å². The van der Waals surface area contributed by atoms with Crippen LogP contribution in [0.4, 0.5) is 0 Å². The lowest BCUT2D eigenvalue weighted by Crippen LogP contribution is -1.95. The number of hydrogen-bond acceptors (Lipinski definition) is 0. The molecule has 0 amide bonds.